The normalized spacial score (nSPS) is 30.4. The van der Waals surface area contributed by atoms with E-state index in [2.05, 4.69) is 74.9 Å². The van der Waals surface area contributed by atoms with Gasteiger partial charge in [-0.2, -0.15) is 0 Å². The van der Waals surface area contributed by atoms with E-state index in [1.807, 2.05) is 42.7 Å². The number of aliphatic hydroxyl groups is 4. The molecule has 6 aromatic rings. The average Bonchev–Trinajstić information content (AvgIpc) is 1.72. The minimum Gasteiger partial charge on any atom is -0.507 e. The first-order valence-electron chi connectivity index (χ1n) is 33.4. The van der Waals surface area contributed by atoms with Crippen molar-refractivity contribution in [1.82, 2.24) is 15.3 Å². The molecule has 6 heterocycles. The molecule has 2 spiro atoms. The number of aromatic amines is 2. The predicted octanol–water partition coefficient (Wildman–Crippen LogP) is 11.8. The zero-order valence-corrected chi connectivity index (χ0v) is 50.8. The fourth-order valence-electron chi connectivity index (χ4n) is 18.4. The highest BCUT2D eigenvalue weighted by Crippen LogP contribution is 2.62. The third-order valence-electron chi connectivity index (χ3n) is 23.1. The highest BCUT2D eigenvalue weighted by Gasteiger charge is 2.57. The number of aromatic hydroxyl groups is 2. The number of H-pyrrole nitrogens is 2. The van der Waals surface area contributed by atoms with E-state index < -0.39 is 59.5 Å². The molecule has 2 aromatic heterocycles. The summed E-state index contributed by atoms with van der Waals surface area (Å²) < 4.78 is 6.73. The monoisotopic (exact) mass is 1200 g/mol. The highest BCUT2D eigenvalue weighted by molar-refractivity contribution is 6.05. The number of piperidine rings is 1. The maximum Gasteiger partial charge on any atom is 0.163 e. The van der Waals surface area contributed by atoms with E-state index in [0.717, 1.165) is 135 Å². The second kappa shape index (κ2) is 23.2. The zero-order chi connectivity index (χ0) is 60.8. The minimum absolute atomic E-state index is 0.0196. The summed E-state index contributed by atoms with van der Waals surface area (Å²) in [5, 5.41) is 83.8. The number of Topliss-reactive ketones (excluding diaryl/α,β-unsaturated/α-hetero) is 2. The standard InChI is InChI=1S/C76H84N4O9/c81-33-24-55-66(83)19-15-44-35-59(70(85)67(36-44)89-50-10-2-3-11-50)69(84)57-38-49-37-48-22-31-78-73(48)80-63(58-40-64-53(23-32-77-64)60(68(58)71(55)86)41-75(88)27-20-46-9-7-13-65(82)52(46)21-28-75)18-16-54-62-17-14-45(42-79-62)34-47-8-1-4-12-51(47)56(57)39-61(49)76(72(54)87)30-29-74(43-76)25-5-6-26-74/h1,4,7-9,12-13,21-23,28,31-32,35-36,38-40,45,50,54-55,60,62-63,68-69,72,77-82,84-85,87-88H,2-3,5-6,10-11,14-15,17,19-20,24-27,29-30,33-34,37,41-43H2. The van der Waals surface area contributed by atoms with Crippen LogP contribution in [0.5, 0.6) is 17.2 Å². The summed E-state index contributed by atoms with van der Waals surface area (Å²) in [6.07, 6.45) is 21.0. The number of nitrogens with one attached hydrogen (secondary N) is 4. The zero-order valence-electron chi connectivity index (χ0n) is 50.8. The first-order chi connectivity index (χ1) is 43.3. The Morgan fingerprint density at radius 2 is 1.57 bits per heavy atom. The van der Waals surface area contributed by atoms with Gasteiger partial charge in [0.05, 0.1) is 29.6 Å². The molecule has 4 aromatic carbocycles. The lowest BCUT2D eigenvalue weighted by Gasteiger charge is -2.44. The summed E-state index contributed by atoms with van der Waals surface area (Å²) in [4.78, 5) is 39.1. The molecule has 0 radical (unpaired) electrons. The van der Waals surface area contributed by atoms with Gasteiger partial charge in [-0.05, 0) is 231 Å². The molecular formula is C76H84N4O9. The number of aromatic nitrogens is 2. The van der Waals surface area contributed by atoms with Crippen LogP contribution in [0.1, 0.15) is 183 Å². The Kier molecular flexibility index (Phi) is 15.2. The number of aryl methyl sites for hydroxylation is 2. The quantitative estimate of drug-likeness (QED) is 0.0558. The number of ketones is 2. The maximum atomic E-state index is 16.6. The van der Waals surface area contributed by atoms with Crippen molar-refractivity contribution in [3.05, 3.63) is 164 Å². The van der Waals surface area contributed by atoms with Crippen molar-refractivity contribution >= 4 is 29.5 Å². The lowest BCUT2D eigenvalue weighted by atomic mass is 9.63. The highest BCUT2D eigenvalue weighted by atomic mass is 16.5. The number of carbonyl (C=O) groups excluding carboxylic acids is 2. The Labute approximate surface area is 521 Å². The number of ether oxygens (including phenoxy) is 1. The number of hydrogen-bond acceptors (Lipinski definition) is 11. The van der Waals surface area contributed by atoms with Gasteiger partial charge < -0.3 is 56.0 Å². The smallest absolute Gasteiger partial charge is 0.163 e. The summed E-state index contributed by atoms with van der Waals surface area (Å²) in [7, 11) is 0. The van der Waals surface area contributed by atoms with Gasteiger partial charge >= 0.3 is 0 Å². The first-order valence-corrected chi connectivity index (χ1v) is 33.4. The van der Waals surface area contributed by atoms with Crippen LogP contribution in [0.3, 0.4) is 0 Å². The number of aliphatic hydroxyl groups excluding tert-OH is 3. The molecule has 4 fully saturated rings. The number of phenolic OH excluding ortho intramolecular Hbond substituents is 2. The lowest BCUT2D eigenvalue weighted by Crippen LogP contribution is -2.53. The molecule has 11 atom stereocenters. The van der Waals surface area contributed by atoms with E-state index in [-0.39, 0.29) is 83.5 Å². The first kappa shape index (κ1) is 58.2. The third-order valence-corrected chi connectivity index (χ3v) is 23.1. The average molecular weight is 1200 g/mol. The van der Waals surface area contributed by atoms with E-state index in [1.54, 1.807) is 24.3 Å². The molecule has 0 amide bonds. The SMILES string of the molecule is O=C1CCc2cc(OC3CCCC3)c(O)c(c2)C(O)c2cc3c4cc2-c2ccccc2CC2CCC(NC2)C(C#CC(Nc2[nH]ccc2C3)C2=Cc3[nH]ccc3C(CC3(O)C=Cc5c(O)cccc5CC3)C2C(=O)C1CCO)C(O)C41CCC2(CCCC2)C1. The number of rotatable bonds is 6. The van der Waals surface area contributed by atoms with Crippen molar-refractivity contribution < 1.29 is 45.0 Å². The molecule has 1 saturated heterocycles. The van der Waals surface area contributed by atoms with Gasteiger partial charge in [-0.3, -0.25) is 9.59 Å². The van der Waals surface area contributed by atoms with Gasteiger partial charge in [0.2, 0.25) is 0 Å². The minimum atomic E-state index is -1.48. The molecule has 11 unspecified atom stereocenters. The van der Waals surface area contributed by atoms with Gasteiger partial charge in [0.1, 0.15) is 29.5 Å². The second-order valence-electron chi connectivity index (χ2n) is 28.3. The van der Waals surface area contributed by atoms with Crippen LogP contribution >= 0.6 is 0 Å². The molecule has 13 heteroatoms. The Balaban J connectivity index is 0.994. The molecule has 89 heavy (non-hydrogen) atoms. The van der Waals surface area contributed by atoms with Gasteiger partial charge in [0, 0.05) is 72.0 Å². The molecule has 10 bridgehead atoms. The van der Waals surface area contributed by atoms with Crippen LogP contribution in [-0.4, -0.2) is 95.2 Å². The number of hydrogen-bond donors (Lipinski definition) is 10. The summed E-state index contributed by atoms with van der Waals surface area (Å²) in [6, 6.07) is 25.0. The van der Waals surface area contributed by atoms with E-state index in [9.17, 15) is 30.6 Å². The fourth-order valence-corrected chi connectivity index (χ4v) is 18.4. The number of carbonyl (C=O) groups is 2. The van der Waals surface area contributed by atoms with E-state index in [4.69, 9.17) is 4.74 Å². The van der Waals surface area contributed by atoms with Crippen molar-refractivity contribution in [2.24, 2.45) is 29.1 Å². The van der Waals surface area contributed by atoms with E-state index in [1.165, 1.54) is 5.56 Å². The van der Waals surface area contributed by atoms with Crippen LogP contribution in [0.4, 0.5) is 5.82 Å². The van der Waals surface area contributed by atoms with Crippen LogP contribution in [0.25, 0.3) is 23.3 Å². The predicted molar refractivity (Wildman–Crippen MR) is 343 cm³/mol. The Bertz CT molecular complexity index is 3860. The molecule has 3 saturated carbocycles. The number of benzene rings is 4. The molecule has 4 aliphatic heterocycles. The summed E-state index contributed by atoms with van der Waals surface area (Å²) in [5.41, 5.74) is 8.94. The summed E-state index contributed by atoms with van der Waals surface area (Å²) >= 11 is 0. The van der Waals surface area contributed by atoms with Gasteiger partial charge in [-0.15, -0.1) is 0 Å². The van der Waals surface area contributed by atoms with Crippen LogP contribution < -0.4 is 15.4 Å². The second-order valence-corrected chi connectivity index (χ2v) is 28.3. The van der Waals surface area contributed by atoms with E-state index >= 15 is 9.59 Å². The molecule has 13 nitrogen and oxygen atoms in total. The van der Waals surface area contributed by atoms with Crippen LogP contribution in [-0.2, 0) is 40.7 Å². The van der Waals surface area contributed by atoms with Crippen molar-refractivity contribution in [2.45, 2.75) is 182 Å². The molecule has 6 aliphatic carbocycles. The summed E-state index contributed by atoms with van der Waals surface area (Å²) in [5.74, 6) is 4.48. The molecule has 10 aliphatic rings. The Morgan fingerprint density at radius 3 is 2.40 bits per heavy atom. The molecule has 10 N–H and O–H groups in total. The lowest BCUT2D eigenvalue weighted by molar-refractivity contribution is -0.135. The third kappa shape index (κ3) is 10.5. The molecule has 16 rings (SSSR count). The van der Waals surface area contributed by atoms with Crippen molar-refractivity contribution in [2.75, 3.05) is 18.5 Å². The fraction of sp³-hybridized carbons (Fsp3) is 0.474. The number of phenols is 2. The van der Waals surface area contributed by atoms with Crippen LogP contribution in [0, 0.1) is 40.9 Å². The number of fused-ring (bicyclic) bond motifs is 10. The van der Waals surface area contributed by atoms with Gasteiger partial charge in [-0.1, -0.05) is 79.3 Å². The van der Waals surface area contributed by atoms with Gasteiger partial charge in [0.15, 0.2) is 17.3 Å². The van der Waals surface area contributed by atoms with Crippen LogP contribution in [0.15, 0.2) is 103 Å². The largest absolute Gasteiger partial charge is 0.507 e. The topological polar surface area (TPSA) is 220 Å². The number of anilines is 1. The maximum absolute atomic E-state index is 16.6. The molecular weight excluding hydrogens is 1110 g/mol. The van der Waals surface area contributed by atoms with Crippen molar-refractivity contribution in [3.8, 4) is 40.2 Å². The van der Waals surface area contributed by atoms with Crippen molar-refractivity contribution in [1.29, 1.82) is 0 Å². The summed E-state index contributed by atoms with van der Waals surface area (Å²) in [6.45, 7) is 0.271. The van der Waals surface area contributed by atoms with Gasteiger partial charge in [-0.25, -0.2) is 0 Å². The van der Waals surface area contributed by atoms with Gasteiger partial charge in [0.25, 0.3) is 0 Å². The van der Waals surface area contributed by atoms with E-state index in [0.29, 0.717) is 53.9 Å². The Morgan fingerprint density at radius 1 is 0.742 bits per heavy atom. The van der Waals surface area contributed by atoms with Crippen LogP contribution in [0.2, 0.25) is 0 Å². The van der Waals surface area contributed by atoms with Crippen molar-refractivity contribution in [3.63, 3.8) is 0 Å². The molecule has 462 valence electrons. The Hall–Kier alpha value is -7.18.